The molecule has 2 atom stereocenters. The first-order chi connectivity index (χ1) is 7.55. The van der Waals surface area contributed by atoms with Crippen molar-refractivity contribution in [3.05, 3.63) is 0 Å². The fourth-order valence-electron chi connectivity index (χ4n) is 2.47. The van der Waals surface area contributed by atoms with Crippen LogP contribution < -0.4 is 5.73 Å². The summed E-state index contributed by atoms with van der Waals surface area (Å²) in [6.45, 7) is 13.4. The monoisotopic (exact) mass is 228 g/mol. The third-order valence-corrected chi connectivity index (χ3v) is 3.80. The molecule has 0 aromatic carbocycles. The van der Waals surface area contributed by atoms with E-state index in [0.717, 1.165) is 6.54 Å². The summed E-state index contributed by atoms with van der Waals surface area (Å²) < 4.78 is 0. The molecule has 0 saturated heterocycles. The fourth-order valence-corrected chi connectivity index (χ4v) is 2.47. The molecule has 0 aliphatic heterocycles. The van der Waals surface area contributed by atoms with Gasteiger partial charge in [-0.3, -0.25) is 4.90 Å². The lowest BCUT2D eigenvalue weighted by molar-refractivity contribution is 0.0570. The molecular formula is C14H32N2. The Hall–Kier alpha value is -0.0800. The Morgan fingerprint density at radius 2 is 1.81 bits per heavy atom. The number of unbranched alkanes of at least 4 members (excludes halogenated alkanes) is 1. The average molecular weight is 228 g/mol. The Morgan fingerprint density at radius 3 is 2.19 bits per heavy atom. The van der Waals surface area contributed by atoms with Crippen LogP contribution in [0.2, 0.25) is 0 Å². The molecule has 2 N–H and O–H groups in total. The van der Waals surface area contributed by atoms with Crippen molar-refractivity contribution < 1.29 is 0 Å². The van der Waals surface area contributed by atoms with Gasteiger partial charge in [0, 0.05) is 18.1 Å². The summed E-state index contributed by atoms with van der Waals surface area (Å²) in [4.78, 5) is 2.64. The van der Waals surface area contributed by atoms with Crippen molar-refractivity contribution in [1.29, 1.82) is 0 Å². The Bertz CT molecular complexity index is 170. The minimum atomic E-state index is 0.194. The van der Waals surface area contributed by atoms with Crippen LogP contribution in [0.3, 0.4) is 0 Å². The zero-order valence-corrected chi connectivity index (χ0v) is 12.1. The van der Waals surface area contributed by atoms with Crippen molar-refractivity contribution in [2.75, 3.05) is 13.1 Å². The van der Waals surface area contributed by atoms with E-state index < -0.39 is 0 Å². The van der Waals surface area contributed by atoms with Gasteiger partial charge in [-0.25, -0.2) is 0 Å². The van der Waals surface area contributed by atoms with Crippen LogP contribution in [-0.4, -0.2) is 29.6 Å². The molecule has 0 aromatic heterocycles. The van der Waals surface area contributed by atoms with Crippen LogP contribution in [0.25, 0.3) is 0 Å². The van der Waals surface area contributed by atoms with Crippen LogP contribution in [0.1, 0.15) is 66.7 Å². The minimum absolute atomic E-state index is 0.194. The summed E-state index contributed by atoms with van der Waals surface area (Å²) >= 11 is 0. The van der Waals surface area contributed by atoms with Crippen molar-refractivity contribution in [1.82, 2.24) is 4.90 Å². The van der Waals surface area contributed by atoms with Gasteiger partial charge in [-0.15, -0.1) is 0 Å². The van der Waals surface area contributed by atoms with E-state index in [-0.39, 0.29) is 5.54 Å². The minimum Gasteiger partial charge on any atom is -0.329 e. The lowest BCUT2D eigenvalue weighted by Crippen LogP contribution is -2.55. The highest BCUT2D eigenvalue weighted by Gasteiger charge is 2.31. The summed E-state index contributed by atoms with van der Waals surface area (Å²) in [6.07, 6.45) is 6.18. The van der Waals surface area contributed by atoms with Gasteiger partial charge >= 0.3 is 0 Å². The van der Waals surface area contributed by atoms with E-state index in [1.165, 1.54) is 38.6 Å². The second-order valence-corrected chi connectivity index (χ2v) is 5.26. The summed E-state index contributed by atoms with van der Waals surface area (Å²) in [5.74, 6) is 0. The average Bonchev–Trinajstić information content (AvgIpc) is 2.29. The predicted octanol–water partition coefficient (Wildman–Crippen LogP) is 3.40. The van der Waals surface area contributed by atoms with Gasteiger partial charge in [-0.1, -0.05) is 33.6 Å². The van der Waals surface area contributed by atoms with Crippen LogP contribution in [-0.2, 0) is 0 Å². The van der Waals surface area contributed by atoms with Crippen LogP contribution in [0, 0.1) is 0 Å². The molecule has 0 heterocycles. The lowest BCUT2D eigenvalue weighted by Gasteiger charge is -2.44. The summed E-state index contributed by atoms with van der Waals surface area (Å²) in [5.41, 5.74) is 6.21. The number of rotatable bonds is 9. The molecule has 2 nitrogen and oxygen atoms in total. The van der Waals surface area contributed by atoms with Crippen LogP contribution >= 0.6 is 0 Å². The molecule has 2 unspecified atom stereocenters. The van der Waals surface area contributed by atoms with E-state index in [1.807, 2.05) is 0 Å². The second-order valence-electron chi connectivity index (χ2n) is 5.26. The number of hydrogen-bond acceptors (Lipinski definition) is 2. The topological polar surface area (TPSA) is 29.3 Å². The number of nitrogens with two attached hydrogens (primary N) is 1. The fraction of sp³-hybridized carbons (Fsp3) is 1.00. The maximum absolute atomic E-state index is 6.02. The smallest absolute Gasteiger partial charge is 0.0306 e. The highest BCUT2D eigenvalue weighted by molar-refractivity contribution is 4.89. The Kier molecular flexibility index (Phi) is 8.04. The largest absolute Gasteiger partial charge is 0.329 e. The Morgan fingerprint density at radius 1 is 1.19 bits per heavy atom. The molecule has 16 heavy (non-hydrogen) atoms. The molecule has 0 radical (unpaired) electrons. The van der Waals surface area contributed by atoms with Gasteiger partial charge in [0.05, 0.1) is 0 Å². The molecule has 0 spiro atoms. The first-order valence-corrected chi connectivity index (χ1v) is 7.02. The van der Waals surface area contributed by atoms with Gasteiger partial charge in [0.1, 0.15) is 0 Å². The molecule has 2 heteroatoms. The van der Waals surface area contributed by atoms with Crippen molar-refractivity contribution in [3.63, 3.8) is 0 Å². The normalized spacial score (nSPS) is 17.4. The van der Waals surface area contributed by atoms with E-state index in [1.54, 1.807) is 0 Å². The first kappa shape index (κ1) is 15.9. The third-order valence-electron chi connectivity index (χ3n) is 3.80. The zero-order valence-electron chi connectivity index (χ0n) is 12.1. The molecular weight excluding hydrogens is 196 g/mol. The van der Waals surface area contributed by atoms with Gasteiger partial charge in [-0.05, 0) is 39.7 Å². The number of hydrogen-bond donors (Lipinski definition) is 1. The standard InChI is InChI=1S/C14H32N2/c1-6-9-11-16(13(4)8-3)14(5,12-15)10-7-2/h13H,6-12,15H2,1-5H3. The van der Waals surface area contributed by atoms with E-state index in [0.29, 0.717) is 6.04 Å². The van der Waals surface area contributed by atoms with Crippen molar-refractivity contribution in [2.24, 2.45) is 5.73 Å². The van der Waals surface area contributed by atoms with E-state index in [9.17, 15) is 0 Å². The summed E-state index contributed by atoms with van der Waals surface area (Å²) in [6, 6.07) is 0.645. The maximum Gasteiger partial charge on any atom is 0.0306 e. The Labute approximate surface area is 103 Å². The van der Waals surface area contributed by atoms with Crippen molar-refractivity contribution in [2.45, 2.75) is 78.3 Å². The SMILES string of the molecule is CCCCN(C(C)CC)C(C)(CN)CCC. The van der Waals surface area contributed by atoms with Gasteiger partial charge in [0.15, 0.2) is 0 Å². The first-order valence-electron chi connectivity index (χ1n) is 7.02. The molecule has 0 saturated carbocycles. The third kappa shape index (κ3) is 4.42. The van der Waals surface area contributed by atoms with Gasteiger partial charge in [0.25, 0.3) is 0 Å². The van der Waals surface area contributed by atoms with Crippen LogP contribution in [0.15, 0.2) is 0 Å². The molecule has 0 bridgehead atoms. The van der Waals surface area contributed by atoms with Crippen LogP contribution in [0.4, 0.5) is 0 Å². The highest BCUT2D eigenvalue weighted by Crippen LogP contribution is 2.24. The quantitative estimate of drug-likeness (QED) is 0.655. The predicted molar refractivity (Wildman–Crippen MR) is 73.7 cm³/mol. The summed E-state index contributed by atoms with van der Waals surface area (Å²) in [5, 5.41) is 0. The maximum atomic E-state index is 6.02. The zero-order chi connectivity index (χ0) is 12.6. The highest BCUT2D eigenvalue weighted by atomic mass is 15.2. The Balaban J connectivity index is 4.66. The molecule has 98 valence electrons. The van der Waals surface area contributed by atoms with E-state index >= 15 is 0 Å². The molecule has 0 aliphatic rings. The van der Waals surface area contributed by atoms with Crippen molar-refractivity contribution in [3.8, 4) is 0 Å². The van der Waals surface area contributed by atoms with E-state index in [4.69, 9.17) is 5.73 Å². The van der Waals surface area contributed by atoms with Gasteiger partial charge in [-0.2, -0.15) is 0 Å². The second kappa shape index (κ2) is 8.08. The van der Waals surface area contributed by atoms with Gasteiger partial charge in [0.2, 0.25) is 0 Å². The molecule has 0 aliphatic carbocycles. The van der Waals surface area contributed by atoms with Gasteiger partial charge < -0.3 is 5.73 Å². The molecule has 0 rings (SSSR count). The van der Waals surface area contributed by atoms with E-state index in [2.05, 4.69) is 39.5 Å². The summed E-state index contributed by atoms with van der Waals surface area (Å²) in [7, 11) is 0. The van der Waals surface area contributed by atoms with Crippen molar-refractivity contribution >= 4 is 0 Å². The van der Waals surface area contributed by atoms with Crippen LogP contribution in [0.5, 0.6) is 0 Å². The lowest BCUT2D eigenvalue weighted by atomic mass is 9.91. The number of nitrogens with zero attached hydrogens (tertiary/aromatic N) is 1. The molecule has 0 amide bonds. The molecule has 0 fully saturated rings. The molecule has 0 aromatic rings.